The molecule has 3 fully saturated rings. The van der Waals surface area contributed by atoms with Crippen molar-refractivity contribution in [2.24, 2.45) is 39.4 Å². The molecule has 1 aliphatic heterocycles. The van der Waals surface area contributed by atoms with Gasteiger partial charge in [0.15, 0.2) is 30.0 Å². The molecule has 284 valence electrons. The summed E-state index contributed by atoms with van der Waals surface area (Å²) in [7, 11) is 0. The Hall–Kier alpha value is -3.03. The minimum absolute atomic E-state index is 0.0463. The summed E-state index contributed by atoms with van der Waals surface area (Å²) in [6, 6.07) is 0. The largest absolute Gasteiger partial charge is 0.505 e. The van der Waals surface area contributed by atoms with Crippen LogP contribution in [0.5, 0.6) is 0 Å². The second-order valence-electron chi connectivity index (χ2n) is 17.4. The normalized spacial score (nSPS) is 41.7. The molecule has 0 spiro atoms. The van der Waals surface area contributed by atoms with E-state index < -0.39 is 87.2 Å². The fraction of sp³-hybridized carbons (Fsp3) is 0.718. The first-order chi connectivity index (χ1) is 23.3. The van der Waals surface area contributed by atoms with E-state index in [1.807, 2.05) is 13.8 Å². The minimum Gasteiger partial charge on any atom is -0.505 e. The Morgan fingerprint density at radius 2 is 1.69 bits per heavy atom. The Kier molecular flexibility index (Phi) is 9.85. The van der Waals surface area contributed by atoms with E-state index in [0.29, 0.717) is 25.7 Å². The van der Waals surface area contributed by atoms with Crippen LogP contribution in [0.2, 0.25) is 0 Å². The van der Waals surface area contributed by atoms with Crippen molar-refractivity contribution in [1.29, 1.82) is 0 Å². The molecule has 1 heterocycles. The van der Waals surface area contributed by atoms with E-state index in [9.17, 15) is 39.9 Å². The number of hydrogen-bond donors (Lipinski definition) is 5. The van der Waals surface area contributed by atoms with Crippen LogP contribution in [-0.2, 0) is 33.3 Å². The maximum Gasteiger partial charge on any atom is 0.303 e. The number of esters is 1. The quantitative estimate of drug-likeness (QED) is 0.0972. The Bertz CT molecular complexity index is 1550. The summed E-state index contributed by atoms with van der Waals surface area (Å²) < 4.78 is 23.4. The highest BCUT2D eigenvalue weighted by Gasteiger charge is 2.73. The SMILES string of the molecule is C=C(O)OC1COC(OC2CC3(C)C4CC=C5C(C=C(O)C(=O)C5(C)C)C4(C)CCC3(C)C2C(C)(O)C(=O)C=CC(C)(C)O)C(OC(C)=O)C1O. The number of Topliss-reactive ketones (excluding diaryl/α,β-unsaturated/α-hetero) is 1. The highest BCUT2D eigenvalue weighted by molar-refractivity contribution is 6.01. The minimum atomic E-state index is -2.01. The van der Waals surface area contributed by atoms with Crippen LogP contribution in [0.15, 0.2) is 48.2 Å². The van der Waals surface area contributed by atoms with Gasteiger partial charge in [-0.1, -0.05) is 38.5 Å². The third-order valence-corrected chi connectivity index (χ3v) is 13.3. The molecule has 2 saturated carbocycles. The van der Waals surface area contributed by atoms with Crippen molar-refractivity contribution in [3.8, 4) is 0 Å². The standard InChI is InChI=1S/C39H56O12/c1-20(40)49-26-19-48-33(30(29(26)44)50-21(2)41)51-25-18-38(9)27-12-11-22-23(17-24(42)32(45)35(22,5)6)36(27,7)15-16-37(38,8)31(25)39(10,47)28(43)13-14-34(3,4)46/h11,13-14,17,23,25-27,29-31,33,40,42,44,46-47H,1,12,15-16,18-19H2,2-10H3. The van der Waals surface area contributed by atoms with Gasteiger partial charge >= 0.3 is 5.97 Å². The predicted molar refractivity (Wildman–Crippen MR) is 185 cm³/mol. The number of carbonyl (C=O) groups excluding carboxylic acids is 3. The van der Waals surface area contributed by atoms with E-state index in [1.54, 1.807) is 6.08 Å². The number of aliphatic hydroxyl groups is 5. The van der Waals surface area contributed by atoms with Gasteiger partial charge in [-0.2, -0.15) is 0 Å². The molecule has 12 heteroatoms. The molecule has 0 aromatic carbocycles. The van der Waals surface area contributed by atoms with Crippen molar-refractivity contribution in [2.45, 2.75) is 130 Å². The fourth-order valence-electron chi connectivity index (χ4n) is 10.5. The van der Waals surface area contributed by atoms with Gasteiger partial charge in [-0.05, 0) is 101 Å². The van der Waals surface area contributed by atoms with Crippen LogP contribution in [0.1, 0.15) is 88.0 Å². The third-order valence-electron chi connectivity index (χ3n) is 13.3. The van der Waals surface area contributed by atoms with Crippen LogP contribution in [0.3, 0.4) is 0 Å². The molecule has 0 aromatic heterocycles. The first-order valence-corrected chi connectivity index (χ1v) is 17.8. The van der Waals surface area contributed by atoms with E-state index >= 15 is 0 Å². The smallest absolute Gasteiger partial charge is 0.303 e. The van der Waals surface area contributed by atoms with Gasteiger partial charge in [0.05, 0.1) is 23.7 Å². The lowest BCUT2D eigenvalue weighted by Gasteiger charge is -2.64. The van der Waals surface area contributed by atoms with E-state index in [0.717, 1.165) is 5.57 Å². The number of hydrogen-bond acceptors (Lipinski definition) is 12. The van der Waals surface area contributed by atoms with Crippen molar-refractivity contribution in [2.75, 3.05) is 6.61 Å². The zero-order valence-electron chi connectivity index (χ0n) is 31.3. The van der Waals surface area contributed by atoms with Gasteiger partial charge < -0.3 is 44.5 Å². The fourth-order valence-corrected chi connectivity index (χ4v) is 10.5. The van der Waals surface area contributed by atoms with Gasteiger partial charge in [-0.15, -0.1) is 0 Å². The Morgan fingerprint density at radius 1 is 1.04 bits per heavy atom. The molecule has 5 N–H and O–H groups in total. The molecule has 0 bridgehead atoms. The van der Waals surface area contributed by atoms with Crippen molar-refractivity contribution in [3.05, 3.63) is 48.2 Å². The number of fused-ring (bicyclic) bond motifs is 5. The average molecular weight is 717 g/mol. The zero-order chi connectivity index (χ0) is 38.3. The number of carbonyl (C=O) groups is 3. The van der Waals surface area contributed by atoms with Crippen LogP contribution in [0, 0.1) is 39.4 Å². The topological polar surface area (TPSA) is 189 Å². The lowest BCUT2D eigenvalue weighted by molar-refractivity contribution is -0.298. The number of ketones is 2. The summed E-state index contributed by atoms with van der Waals surface area (Å²) in [6.45, 7) is 18.8. The predicted octanol–water partition coefficient (Wildman–Crippen LogP) is 4.53. The number of allylic oxidation sites excluding steroid dienone is 4. The summed E-state index contributed by atoms with van der Waals surface area (Å²) in [5.74, 6) is -3.66. The van der Waals surface area contributed by atoms with Crippen LogP contribution < -0.4 is 0 Å². The van der Waals surface area contributed by atoms with Gasteiger partial charge in [0.1, 0.15) is 11.7 Å². The molecule has 51 heavy (non-hydrogen) atoms. The highest BCUT2D eigenvalue weighted by atomic mass is 16.7. The number of ether oxygens (including phenoxy) is 4. The molecule has 0 amide bonds. The third kappa shape index (κ3) is 6.38. The molecule has 12 nitrogen and oxygen atoms in total. The summed E-state index contributed by atoms with van der Waals surface area (Å²) in [5.41, 5.74) is -4.95. The molecular formula is C39H56O12. The molecule has 1 saturated heterocycles. The lowest BCUT2D eigenvalue weighted by atomic mass is 9.39. The van der Waals surface area contributed by atoms with Gasteiger partial charge in [-0.25, -0.2) is 0 Å². The first kappa shape index (κ1) is 39.2. The molecule has 5 rings (SSSR count). The molecule has 12 atom stereocenters. The Balaban J connectivity index is 1.60. The van der Waals surface area contributed by atoms with Crippen LogP contribution in [0.4, 0.5) is 0 Å². The van der Waals surface area contributed by atoms with Crippen molar-refractivity contribution in [3.63, 3.8) is 0 Å². The Labute approximate surface area is 300 Å². The molecule has 5 aliphatic rings. The van der Waals surface area contributed by atoms with E-state index in [4.69, 9.17) is 18.9 Å². The molecule has 12 unspecified atom stereocenters. The van der Waals surface area contributed by atoms with E-state index in [1.165, 1.54) is 39.8 Å². The van der Waals surface area contributed by atoms with Gasteiger partial charge in [0, 0.05) is 18.8 Å². The van der Waals surface area contributed by atoms with Crippen molar-refractivity contribution in [1.82, 2.24) is 0 Å². The van der Waals surface area contributed by atoms with Crippen LogP contribution in [-0.4, -0.2) is 91.6 Å². The average Bonchev–Trinajstić information content (AvgIpc) is 3.24. The highest BCUT2D eigenvalue weighted by Crippen LogP contribution is 2.75. The van der Waals surface area contributed by atoms with Gasteiger partial charge in [0.2, 0.25) is 5.78 Å². The van der Waals surface area contributed by atoms with Crippen molar-refractivity contribution < 1.29 is 58.9 Å². The van der Waals surface area contributed by atoms with Crippen LogP contribution in [0.25, 0.3) is 0 Å². The summed E-state index contributed by atoms with van der Waals surface area (Å²) in [5, 5.41) is 54.5. The second kappa shape index (κ2) is 12.8. The maximum absolute atomic E-state index is 14.0. The molecule has 0 radical (unpaired) electrons. The van der Waals surface area contributed by atoms with E-state index in [2.05, 4.69) is 33.4 Å². The number of aliphatic hydroxyl groups excluding tert-OH is 3. The number of rotatable bonds is 9. The second-order valence-corrected chi connectivity index (χ2v) is 17.4. The Morgan fingerprint density at radius 3 is 2.27 bits per heavy atom. The molecule has 0 aromatic rings. The first-order valence-electron chi connectivity index (χ1n) is 17.8. The van der Waals surface area contributed by atoms with Crippen LogP contribution >= 0.6 is 0 Å². The molecular weight excluding hydrogens is 660 g/mol. The summed E-state index contributed by atoms with van der Waals surface area (Å²) >= 11 is 0. The summed E-state index contributed by atoms with van der Waals surface area (Å²) in [6.07, 6.45) is 2.33. The lowest BCUT2D eigenvalue weighted by Crippen LogP contribution is -2.61. The van der Waals surface area contributed by atoms with Crippen molar-refractivity contribution >= 4 is 17.5 Å². The van der Waals surface area contributed by atoms with Gasteiger partial charge in [0.25, 0.3) is 5.95 Å². The summed E-state index contributed by atoms with van der Waals surface area (Å²) in [4.78, 5) is 39.3. The maximum atomic E-state index is 14.0. The van der Waals surface area contributed by atoms with E-state index in [-0.39, 0.29) is 30.0 Å². The zero-order valence-corrected chi connectivity index (χ0v) is 31.3. The van der Waals surface area contributed by atoms with Gasteiger partial charge in [-0.3, -0.25) is 14.4 Å². The molecule has 4 aliphatic carbocycles. The monoisotopic (exact) mass is 716 g/mol.